The van der Waals surface area contributed by atoms with Crippen LogP contribution in [0.2, 0.25) is 0 Å². The molecule has 0 saturated heterocycles. The molecule has 4 rings (SSSR count). The van der Waals surface area contributed by atoms with Crippen molar-refractivity contribution in [1.29, 1.82) is 0 Å². The molecule has 0 aliphatic heterocycles. The fourth-order valence-corrected chi connectivity index (χ4v) is 3.45. The van der Waals surface area contributed by atoms with Gasteiger partial charge in [-0.3, -0.25) is 4.79 Å². The number of para-hydroxylation sites is 1. The van der Waals surface area contributed by atoms with Crippen molar-refractivity contribution in [1.82, 2.24) is 19.4 Å². The zero-order chi connectivity index (χ0) is 19.2. The van der Waals surface area contributed by atoms with Crippen LogP contribution < -0.4 is 5.32 Å². The van der Waals surface area contributed by atoms with Crippen LogP contribution in [0.3, 0.4) is 0 Å². The van der Waals surface area contributed by atoms with E-state index in [0.29, 0.717) is 19.5 Å². The highest BCUT2D eigenvalue weighted by Crippen LogP contribution is 2.15. The maximum Gasteiger partial charge on any atom is 0.221 e. The van der Waals surface area contributed by atoms with Crippen molar-refractivity contribution >= 4 is 16.8 Å². The third-order valence-electron chi connectivity index (χ3n) is 4.93. The van der Waals surface area contributed by atoms with Crippen LogP contribution in [0, 0.1) is 0 Å². The molecule has 2 heterocycles. The van der Waals surface area contributed by atoms with Gasteiger partial charge in [-0.1, -0.05) is 48.5 Å². The third-order valence-corrected chi connectivity index (χ3v) is 4.93. The van der Waals surface area contributed by atoms with Gasteiger partial charge < -0.3 is 14.5 Å². The van der Waals surface area contributed by atoms with Gasteiger partial charge in [0.25, 0.3) is 0 Å². The minimum Gasteiger partial charge on any atom is -0.356 e. The lowest BCUT2D eigenvalue weighted by atomic mass is 10.2. The van der Waals surface area contributed by atoms with E-state index in [9.17, 15) is 4.79 Å². The fourth-order valence-electron chi connectivity index (χ4n) is 3.45. The summed E-state index contributed by atoms with van der Waals surface area (Å²) in [6.45, 7) is 2.07. The van der Waals surface area contributed by atoms with E-state index in [1.165, 1.54) is 16.5 Å². The monoisotopic (exact) mass is 372 g/mol. The molecule has 5 nitrogen and oxygen atoms in total. The first-order chi connectivity index (χ1) is 13.8. The Kier molecular flexibility index (Phi) is 5.52. The van der Waals surface area contributed by atoms with Crippen LogP contribution in [0.15, 0.2) is 79.3 Å². The number of nitrogens with one attached hydrogen (secondary N) is 1. The van der Waals surface area contributed by atoms with E-state index in [4.69, 9.17) is 0 Å². The van der Waals surface area contributed by atoms with Gasteiger partial charge in [-0.25, -0.2) is 4.98 Å². The van der Waals surface area contributed by atoms with Crippen LogP contribution in [0.5, 0.6) is 0 Å². The molecule has 0 radical (unpaired) electrons. The van der Waals surface area contributed by atoms with Crippen LogP contribution in [-0.4, -0.2) is 26.6 Å². The Balaban J connectivity index is 1.25. The Hall–Kier alpha value is -3.34. The Morgan fingerprint density at radius 2 is 1.75 bits per heavy atom. The van der Waals surface area contributed by atoms with E-state index in [1.807, 2.05) is 48.9 Å². The highest BCUT2D eigenvalue weighted by atomic mass is 16.1. The Morgan fingerprint density at radius 1 is 0.929 bits per heavy atom. The van der Waals surface area contributed by atoms with Gasteiger partial charge in [0.05, 0.1) is 0 Å². The molecule has 0 atom stereocenters. The maximum atomic E-state index is 12.2. The molecular formula is C23H24N4O. The van der Waals surface area contributed by atoms with Crippen molar-refractivity contribution in [2.75, 3.05) is 6.54 Å². The summed E-state index contributed by atoms with van der Waals surface area (Å²) in [7, 11) is 0. The third kappa shape index (κ3) is 4.31. The first kappa shape index (κ1) is 18.0. The van der Waals surface area contributed by atoms with Crippen molar-refractivity contribution in [2.24, 2.45) is 0 Å². The topological polar surface area (TPSA) is 51.9 Å². The molecule has 142 valence electrons. The van der Waals surface area contributed by atoms with Crippen molar-refractivity contribution in [2.45, 2.75) is 25.9 Å². The summed E-state index contributed by atoms with van der Waals surface area (Å²) < 4.78 is 4.26. The van der Waals surface area contributed by atoms with Crippen LogP contribution in [-0.2, 0) is 24.3 Å². The van der Waals surface area contributed by atoms with Crippen molar-refractivity contribution in [3.8, 4) is 0 Å². The fraction of sp³-hybridized carbons (Fsp3) is 0.217. The molecule has 0 aliphatic carbocycles. The normalized spacial score (nSPS) is 11.0. The summed E-state index contributed by atoms with van der Waals surface area (Å²) in [4.78, 5) is 16.7. The second kappa shape index (κ2) is 8.57. The Labute approximate surface area is 164 Å². The SMILES string of the molecule is O=C(CCn1ccc2ccccc21)NCCc1nccn1Cc1ccccc1. The second-order valence-corrected chi connectivity index (χ2v) is 6.87. The first-order valence-electron chi connectivity index (χ1n) is 9.64. The standard InChI is InChI=1S/C23H24N4O/c28-23(12-16-26-15-11-20-8-4-5-9-21(20)26)25-13-10-22-24-14-17-27(22)18-19-6-2-1-3-7-19/h1-9,11,14-15,17H,10,12-13,16,18H2,(H,25,28). The molecular weight excluding hydrogens is 348 g/mol. The molecule has 0 unspecified atom stereocenters. The maximum absolute atomic E-state index is 12.2. The molecule has 0 aliphatic rings. The molecule has 4 aromatic rings. The zero-order valence-corrected chi connectivity index (χ0v) is 15.8. The number of aromatic nitrogens is 3. The van der Waals surface area contributed by atoms with Gasteiger partial charge in [-0.15, -0.1) is 0 Å². The number of rotatable bonds is 8. The van der Waals surface area contributed by atoms with Gasteiger partial charge in [-0.05, 0) is 23.1 Å². The number of benzene rings is 2. The number of nitrogens with zero attached hydrogens (tertiary/aromatic N) is 3. The number of hydrogen-bond acceptors (Lipinski definition) is 2. The largest absolute Gasteiger partial charge is 0.356 e. The number of hydrogen-bond donors (Lipinski definition) is 1. The van der Waals surface area contributed by atoms with E-state index < -0.39 is 0 Å². The smallest absolute Gasteiger partial charge is 0.221 e. The Bertz CT molecular complexity index is 1050. The number of aryl methyl sites for hydroxylation is 1. The van der Waals surface area contributed by atoms with Crippen LogP contribution in [0.1, 0.15) is 17.8 Å². The van der Waals surface area contributed by atoms with E-state index >= 15 is 0 Å². The predicted molar refractivity (Wildman–Crippen MR) is 111 cm³/mol. The van der Waals surface area contributed by atoms with Crippen molar-refractivity contribution in [3.05, 3.63) is 90.6 Å². The molecule has 0 saturated carbocycles. The van der Waals surface area contributed by atoms with Gasteiger partial charge in [0.1, 0.15) is 5.82 Å². The summed E-state index contributed by atoms with van der Waals surface area (Å²) >= 11 is 0. The molecule has 2 aromatic carbocycles. The van der Waals surface area contributed by atoms with E-state index in [2.05, 4.69) is 49.8 Å². The van der Waals surface area contributed by atoms with Gasteiger partial charge in [0, 0.05) is 56.6 Å². The van der Waals surface area contributed by atoms with Gasteiger partial charge in [-0.2, -0.15) is 0 Å². The highest BCUT2D eigenvalue weighted by molar-refractivity contribution is 5.80. The van der Waals surface area contributed by atoms with Crippen LogP contribution in [0.4, 0.5) is 0 Å². The van der Waals surface area contributed by atoms with Crippen molar-refractivity contribution < 1.29 is 4.79 Å². The molecule has 1 N–H and O–H groups in total. The lowest BCUT2D eigenvalue weighted by Gasteiger charge is -2.09. The minimum atomic E-state index is 0.0685. The molecule has 0 fully saturated rings. The average molecular weight is 372 g/mol. The summed E-state index contributed by atoms with van der Waals surface area (Å²) in [5.41, 5.74) is 2.41. The molecule has 28 heavy (non-hydrogen) atoms. The van der Waals surface area contributed by atoms with E-state index in [1.54, 1.807) is 0 Å². The zero-order valence-electron chi connectivity index (χ0n) is 15.8. The number of fused-ring (bicyclic) bond motifs is 1. The summed E-state index contributed by atoms with van der Waals surface area (Å²) in [5.74, 6) is 1.06. The van der Waals surface area contributed by atoms with E-state index in [-0.39, 0.29) is 5.91 Å². The number of carbonyl (C=O) groups is 1. The van der Waals surface area contributed by atoms with Gasteiger partial charge >= 0.3 is 0 Å². The number of carbonyl (C=O) groups excluding carboxylic acids is 1. The Morgan fingerprint density at radius 3 is 2.64 bits per heavy atom. The lowest BCUT2D eigenvalue weighted by Crippen LogP contribution is -2.27. The van der Waals surface area contributed by atoms with Crippen molar-refractivity contribution in [3.63, 3.8) is 0 Å². The molecule has 1 amide bonds. The highest BCUT2D eigenvalue weighted by Gasteiger charge is 2.07. The number of amides is 1. The quantitative estimate of drug-likeness (QED) is 0.513. The average Bonchev–Trinajstić information content (AvgIpc) is 3.34. The molecule has 0 spiro atoms. The van der Waals surface area contributed by atoms with E-state index in [0.717, 1.165) is 18.8 Å². The number of imidazole rings is 1. The minimum absolute atomic E-state index is 0.0685. The summed E-state index contributed by atoms with van der Waals surface area (Å²) in [6.07, 6.45) is 7.03. The molecule has 2 aromatic heterocycles. The van der Waals surface area contributed by atoms with Gasteiger partial charge in [0.15, 0.2) is 0 Å². The lowest BCUT2D eigenvalue weighted by molar-refractivity contribution is -0.121. The first-order valence-corrected chi connectivity index (χ1v) is 9.64. The summed E-state index contributed by atoms with van der Waals surface area (Å²) in [5, 5.41) is 4.22. The summed E-state index contributed by atoms with van der Waals surface area (Å²) in [6, 6.07) is 20.6. The second-order valence-electron chi connectivity index (χ2n) is 6.87. The van der Waals surface area contributed by atoms with Gasteiger partial charge in [0.2, 0.25) is 5.91 Å². The molecule has 0 bridgehead atoms. The molecule has 5 heteroatoms. The van der Waals surface area contributed by atoms with Crippen LogP contribution in [0.25, 0.3) is 10.9 Å². The van der Waals surface area contributed by atoms with Crippen LogP contribution >= 0.6 is 0 Å². The predicted octanol–water partition coefficient (Wildman–Crippen LogP) is 3.64.